The molecule has 16 heavy (non-hydrogen) atoms. The fourth-order valence-corrected chi connectivity index (χ4v) is 1.87. The number of halogens is 1. The molecule has 0 saturated heterocycles. The van der Waals surface area contributed by atoms with Crippen molar-refractivity contribution in [3.8, 4) is 5.69 Å². The molecule has 1 aromatic heterocycles. The van der Waals surface area contributed by atoms with E-state index >= 15 is 0 Å². The molecule has 2 nitrogen and oxygen atoms in total. The van der Waals surface area contributed by atoms with E-state index in [0.29, 0.717) is 0 Å². The molecule has 0 saturated carbocycles. The van der Waals surface area contributed by atoms with E-state index in [1.807, 2.05) is 18.7 Å². The summed E-state index contributed by atoms with van der Waals surface area (Å²) in [5, 5.41) is 2.54. The van der Waals surface area contributed by atoms with Crippen LogP contribution in [0.2, 0.25) is 0 Å². The van der Waals surface area contributed by atoms with Crippen molar-refractivity contribution >= 4 is 10.8 Å². The van der Waals surface area contributed by atoms with Crippen LogP contribution < -0.4 is 21.5 Å². The third-order valence-electron chi connectivity index (χ3n) is 2.59. The topological polar surface area (TPSA) is 19.7 Å². The van der Waals surface area contributed by atoms with Gasteiger partial charge in [-0.15, -0.1) is 0 Å². The van der Waals surface area contributed by atoms with Gasteiger partial charge in [0.05, 0.1) is 0 Å². The summed E-state index contributed by atoms with van der Waals surface area (Å²) < 4.78 is 2.09. The van der Waals surface area contributed by atoms with Crippen molar-refractivity contribution in [2.24, 2.45) is 0 Å². The molecule has 1 heterocycles. The highest BCUT2D eigenvalue weighted by Gasteiger charge is 2.05. The molecule has 0 fully saturated rings. The number of H-pyrrole nitrogens is 1. The van der Waals surface area contributed by atoms with E-state index < -0.39 is 0 Å². The number of rotatable bonds is 1. The fourth-order valence-electron chi connectivity index (χ4n) is 1.87. The van der Waals surface area contributed by atoms with Crippen LogP contribution in [-0.4, -0.2) is 4.98 Å². The van der Waals surface area contributed by atoms with Gasteiger partial charge in [-0.3, -0.25) is 0 Å². The van der Waals surface area contributed by atoms with Gasteiger partial charge in [-0.05, 0) is 11.5 Å². The van der Waals surface area contributed by atoms with Gasteiger partial charge < -0.3 is 17.0 Å². The molecule has 1 N–H and O–H groups in total. The summed E-state index contributed by atoms with van der Waals surface area (Å²) in [5.41, 5.74) is 1.20. The predicted octanol–water partition coefficient (Wildman–Crippen LogP) is -0.551. The summed E-state index contributed by atoms with van der Waals surface area (Å²) in [5.74, 6) is 0. The number of hydrogen-bond donors (Lipinski definition) is 1. The highest BCUT2D eigenvalue weighted by molar-refractivity contribution is 5.88. The number of aromatic amines is 1. The first-order chi connectivity index (χ1) is 7.45. The Balaban J connectivity index is 0.000000963. The van der Waals surface area contributed by atoms with E-state index in [9.17, 15) is 0 Å². The van der Waals surface area contributed by atoms with E-state index in [1.165, 1.54) is 16.5 Å². The zero-order chi connectivity index (χ0) is 10.1. The van der Waals surface area contributed by atoms with Crippen LogP contribution in [0.15, 0.2) is 61.2 Å². The lowest BCUT2D eigenvalue weighted by Gasteiger charge is -2.01. The summed E-state index contributed by atoms with van der Waals surface area (Å²) in [7, 11) is 0. The van der Waals surface area contributed by atoms with Crippen LogP contribution in [-0.2, 0) is 0 Å². The number of fused-ring (bicyclic) bond motifs is 1. The van der Waals surface area contributed by atoms with Crippen molar-refractivity contribution in [3.05, 3.63) is 61.2 Å². The molecule has 0 aliphatic carbocycles. The average Bonchev–Trinajstić information content (AvgIpc) is 2.82. The molecule has 2 aromatic carbocycles. The number of nitrogens with zero attached hydrogens (tertiary/aromatic N) is 1. The molecule has 0 radical (unpaired) electrons. The molecule has 0 aliphatic rings. The third-order valence-corrected chi connectivity index (χ3v) is 2.59. The maximum Gasteiger partial charge on any atom is 0.246 e. The van der Waals surface area contributed by atoms with E-state index in [0.717, 1.165) is 0 Å². The molecular weight excluding hydrogens is 264 g/mol. The molecule has 0 bridgehead atoms. The minimum absolute atomic E-state index is 0. The van der Waals surface area contributed by atoms with Gasteiger partial charge in [0.2, 0.25) is 6.33 Å². The van der Waals surface area contributed by atoms with Gasteiger partial charge in [0.1, 0.15) is 18.1 Å². The van der Waals surface area contributed by atoms with Crippen molar-refractivity contribution in [2.75, 3.05) is 0 Å². The van der Waals surface area contributed by atoms with E-state index in [4.69, 9.17) is 0 Å². The first-order valence-corrected chi connectivity index (χ1v) is 4.97. The average molecular weight is 275 g/mol. The van der Waals surface area contributed by atoms with Gasteiger partial charge in [0.15, 0.2) is 0 Å². The number of hydrogen-bond acceptors (Lipinski definition) is 0. The third kappa shape index (κ3) is 1.74. The number of benzene rings is 2. The van der Waals surface area contributed by atoms with Crippen molar-refractivity contribution < 1.29 is 21.5 Å². The van der Waals surface area contributed by atoms with Crippen molar-refractivity contribution in [1.29, 1.82) is 0 Å². The normalized spacial score (nSPS) is 10.0. The standard InChI is InChI=1S/C13H10N2.BrH/c1-2-6-12-11(4-1)5-3-7-13(12)15-9-8-14-10-15;/h1-10H;1H. The summed E-state index contributed by atoms with van der Waals surface area (Å²) in [4.78, 5) is 3.06. The summed E-state index contributed by atoms with van der Waals surface area (Å²) in [6.07, 6.45) is 5.88. The quantitative estimate of drug-likeness (QED) is 0.575. The second-order valence-electron chi connectivity index (χ2n) is 3.52. The molecule has 0 atom stereocenters. The number of aromatic nitrogens is 2. The van der Waals surface area contributed by atoms with Crippen LogP contribution in [0.5, 0.6) is 0 Å². The highest BCUT2D eigenvalue weighted by atomic mass is 79.9. The minimum Gasteiger partial charge on any atom is -1.00 e. The highest BCUT2D eigenvalue weighted by Crippen LogP contribution is 2.17. The second kappa shape index (κ2) is 4.49. The van der Waals surface area contributed by atoms with Gasteiger partial charge in [0, 0.05) is 5.39 Å². The summed E-state index contributed by atoms with van der Waals surface area (Å²) in [6, 6.07) is 14.7. The molecule has 0 unspecified atom stereocenters. The number of imidazole rings is 1. The van der Waals surface area contributed by atoms with Gasteiger partial charge >= 0.3 is 0 Å². The lowest BCUT2D eigenvalue weighted by molar-refractivity contribution is -0.592. The Kier molecular flexibility index (Phi) is 3.06. The molecule has 0 aliphatic heterocycles. The van der Waals surface area contributed by atoms with Crippen LogP contribution in [0, 0.1) is 0 Å². The van der Waals surface area contributed by atoms with Gasteiger partial charge in [0.25, 0.3) is 0 Å². The maximum atomic E-state index is 3.06. The summed E-state index contributed by atoms with van der Waals surface area (Å²) in [6.45, 7) is 0. The van der Waals surface area contributed by atoms with E-state index in [2.05, 4.69) is 52.0 Å². The lowest BCUT2D eigenvalue weighted by Crippen LogP contribution is -3.00. The van der Waals surface area contributed by atoms with Crippen LogP contribution in [0.25, 0.3) is 16.5 Å². The van der Waals surface area contributed by atoms with Crippen LogP contribution in [0.4, 0.5) is 0 Å². The van der Waals surface area contributed by atoms with Gasteiger partial charge in [-0.1, -0.05) is 36.4 Å². The Labute approximate surface area is 104 Å². The zero-order valence-electron chi connectivity index (χ0n) is 8.60. The Bertz CT molecular complexity index is 582. The Morgan fingerprint density at radius 1 is 0.938 bits per heavy atom. The van der Waals surface area contributed by atoms with Gasteiger partial charge in [-0.25, -0.2) is 9.55 Å². The monoisotopic (exact) mass is 274 g/mol. The van der Waals surface area contributed by atoms with Crippen LogP contribution in [0.3, 0.4) is 0 Å². The molecule has 0 spiro atoms. The first-order valence-electron chi connectivity index (χ1n) is 4.97. The van der Waals surface area contributed by atoms with Crippen LogP contribution in [0.1, 0.15) is 0 Å². The predicted molar refractivity (Wildman–Crippen MR) is 59.8 cm³/mol. The van der Waals surface area contributed by atoms with E-state index in [1.54, 1.807) is 0 Å². The molecule has 3 heteroatoms. The molecule has 0 amide bonds. The zero-order valence-corrected chi connectivity index (χ0v) is 10.2. The van der Waals surface area contributed by atoms with Crippen molar-refractivity contribution in [2.45, 2.75) is 0 Å². The lowest BCUT2D eigenvalue weighted by atomic mass is 10.1. The van der Waals surface area contributed by atoms with E-state index in [-0.39, 0.29) is 17.0 Å². The largest absolute Gasteiger partial charge is 1.00 e. The first kappa shape index (κ1) is 10.9. The minimum atomic E-state index is 0. The Hall–Kier alpha value is -1.61. The van der Waals surface area contributed by atoms with Crippen molar-refractivity contribution in [1.82, 2.24) is 4.98 Å². The van der Waals surface area contributed by atoms with Crippen molar-refractivity contribution in [3.63, 3.8) is 0 Å². The smallest absolute Gasteiger partial charge is 0.246 e. The summed E-state index contributed by atoms with van der Waals surface area (Å²) >= 11 is 0. The molecule has 3 rings (SSSR count). The number of nitrogens with one attached hydrogen (secondary N) is 1. The van der Waals surface area contributed by atoms with Crippen LogP contribution >= 0.6 is 0 Å². The molecular formula is C13H11BrN2. The van der Waals surface area contributed by atoms with Gasteiger partial charge in [-0.2, -0.15) is 0 Å². The SMILES string of the molecule is [Br-].c1ccc2c(-[n+]3cc[nH]c3)cccc2c1. The fraction of sp³-hybridized carbons (Fsp3) is 0. The molecule has 3 aromatic rings. The Morgan fingerprint density at radius 3 is 2.56 bits per heavy atom. The Morgan fingerprint density at radius 2 is 1.75 bits per heavy atom. The molecule has 80 valence electrons. The second-order valence-corrected chi connectivity index (χ2v) is 3.52. The maximum absolute atomic E-state index is 3.06.